The molecule has 0 aromatic carbocycles. The van der Waals surface area contributed by atoms with Crippen molar-refractivity contribution in [3.63, 3.8) is 0 Å². The zero-order valence-electron chi connectivity index (χ0n) is 9.38. The maximum atomic E-state index is 12.0. The lowest BCUT2D eigenvalue weighted by Crippen LogP contribution is -2.53. The molecular weight excluding hydrogens is 176 g/mol. The molecule has 3 nitrogen and oxygen atoms in total. The van der Waals surface area contributed by atoms with Gasteiger partial charge in [-0.1, -0.05) is 19.8 Å². The first-order valence-corrected chi connectivity index (χ1v) is 5.66. The third-order valence-corrected chi connectivity index (χ3v) is 3.12. The predicted octanol–water partition coefficient (Wildman–Crippen LogP) is 1.52. The van der Waals surface area contributed by atoms with Crippen LogP contribution >= 0.6 is 0 Å². The summed E-state index contributed by atoms with van der Waals surface area (Å²) in [7, 11) is 0. The van der Waals surface area contributed by atoms with Crippen LogP contribution in [0.3, 0.4) is 0 Å². The molecule has 1 aliphatic heterocycles. The highest BCUT2D eigenvalue weighted by Gasteiger charge is 2.30. The van der Waals surface area contributed by atoms with E-state index in [9.17, 15) is 4.79 Å². The van der Waals surface area contributed by atoms with Crippen molar-refractivity contribution in [3.8, 4) is 0 Å². The smallest absolute Gasteiger partial charge is 0.242 e. The van der Waals surface area contributed by atoms with Crippen molar-refractivity contribution < 1.29 is 4.79 Å². The Morgan fingerprint density at radius 3 is 2.21 bits per heavy atom. The fourth-order valence-electron chi connectivity index (χ4n) is 1.79. The van der Waals surface area contributed by atoms with Crippen molar-refractivity contribution in [1.82, 2.24) is 4.90 Å². The number of hydrogen-bond donors (Lipinski definition) is 1. The lowest BCUT2D eigenvalue weighted by molar-refractivity contribution is -0.136. The zero-order chi connectivity index (χ0) is 10.6. The van der Waals surface area contributed by atoms with E-state index in [-0.39, 0.29) is 5.91 Å². The Morgan fingerprint density at radius 2 is 1.79 bits per heavy atom. The van der Waals surface area contributed by atoms with Gasteiger partial charge >= 0.3 is 0 Å². The van der Waals surface area contributed by atoms with Crippen LogP contribution < -0.4 is 5.73 Å². The minimum absolute atomic E-state index is 0.127. The van der Waals surface area contributed by atoms with Crippen molar-refractivity contribution in [2.75, 3.05) is 13.1 Å². The molecule has 1 heterocycles. The Balaban J connectivity index is 2.58. The fraction of sp³-hybridized carbons (Fsp3) is 0.909. The van der Waals surface area contributed by atoms with Gasteiger partial charge in [-0.2, -0.15) is 0 Å². The summed E-state index contributed by atoms with van der Waals surface area (Å²) in [5, 5.41) is 0. The fourth-order valence-corrected chi connectivity index (χ4v) is 1.79. The molecule has 14 heavy (non-hydrogen) atoms. The van der Waals surface area contributed by atoms with Gasteiger partial charge in [0.25, 0.3) is 0 Å². The van der Waals surface area contributed by atoms with Crippen LogP contribution in [0.2, 0.25) is 0 Å². The lowest BCUT2D eigenvalue weighted by atomic mass is 9.98. The molecule has 3 heteroatoms. The van der Waals surface area contributed by atoms with E-state index >= 15 is 0 Å². The normalized spacial score (nSPS) is 22.6. The molecule has 0 saturated carbocycles. The van der Waals surface area contributed by atoms with Gasteiger partial charge in [0, 0.05) is 13.1 Å². The number of nitrogens with zero attached hydrogens (tertiary/aromatic N) is 1. The Bertz CT molecular complexity index is 193. The molecule has 2 N–H and O–H groups in total. The molecule has 1 rings (SSSR count). The van der Waals surface area contributed by atoms with Gasteiger partial charge in [0.15, 0.2) is 0 Å². The maximum Gasteiger partial charge on any atom is 0.242 e. The largest absolute Gasteiger partial charge is 0.341 e. The molecule has 1 unspecified atom stereocenters. The molecule has 1 fully saturated rings. The summed E-state index contributed by atoms with van der Waals surface area (Å²) in [6.45, 7) is 5.59. The van der Waals surface area contributed by atoms with Gasteiger partial charge < -0.3 is 10.6 Å². The Kier molecular flexibility index (Phi) is 3.93. The second-order valence-electron chi connectivity index (χ2n) is 4.48. The van der Waals surface area contributed by atoms with Gasteiger partial charge in [-0.15, -0.1) is 0 Å². The van der Waals surface area contributed by atoms with Gasteiger partial charge in [0.1, 0.15) is 0 Å². The third kappa shape index (κ3) is 2.71. The summed E-state index contributed by atoms with van der Waals surface area (Å²) in [6.07, 6.45) is 5.47. The highest BCUT2D eigenvalue weighted by molar-refractivity contribution is 5.85. The van der Waals surface area contributed by atoms with E-state index in [1.54, 1.807) is 0 Å². The van der Waals surface area contributed by atoms with Gasteiger partial charge in [-0.05, 0) is 26.2 Å². The zero-order valence-corrected chi connectivity index (χ0v) is 9.38. The molecular formula is C11H22N2O. The summed E-state index contributed by atoms with van der Waals surface area (Å²) in [5.41, 5.74) is 5.29. The van der Waals surface area contributed by atoms with Crippen LogP contribution in [0.4, 0.5) is 0 Å². The number of hydrogen-bond acceptors (Lipinski definition) is 2. The number of nitrogens with two attached hydrogens (primary N) is 1. The van der Waals surface area contributed by atoms with E-state index in [4.69, 9.17) is 5.73 Å². The summed E-state index contributed by atoms with van der Waals surface area (Å²) in [4.78, 5) is 13.9. The van der Waals surface area contributed by atoms with Crippen LogP contribution in [0.5, 0.6) is 0 Å². The molecule has 82 valence electrons. The van der Waals surface area contributed by atoms with Crippen LogP contribution in [0.25, 0.3) is 0 Å². The molecule has 1 atom stereocenters. The van der Waals surface area contributed by atoms with E-state index in [0.29, 0.717) is 6.42 Å². The van der Waals surface area contributed by atoms with Crippen LogP contribution in [-0.2, 0) is 4.79 Å². The first-order valence-electron chi connectivity index (χ1n) is 5.66. The van der Waals surface area contributed by atoms with Gasteiger partial charge in [0.05, 0.1) is 5.54 Å². The van der Waals surface area contributed by atoms with Crippen LogP contribution in [0.15, 0.2) is 0 Å². The van der Waals surface area contributed by atoms with E-state index in [1.807, 2.05) is 18.7 Å². The van der Waals surface area contributed by atoms with Crippen LogP contribution in [0.1, 0.15) is 46.0 Å². The third-order valence-electron chi connectivity index (χ3n) is 3.12. The van der Waals surface area contributed by atoms with Crippen LogP contribution in [-0.4, -0.2) is 29.4 Å². The van der Waals surface area contributed by atoms with E-state index < -0.39 is 5.54 Å². The average Bonchev–Trinajstić information content (AvgIpc) is 2.44. The van der Waals surface area contributed by atoms with E-state index in [0.717, 1.165) is 25.9 Å². The summed E-state index contributed by atoms with van der Waals surface area (Å²) < 4.78 is 0. The number of carbonyl (C=O) groups is 1. The number of rotatable bonds is 2. The molecule has 0 aliphatic carbocycles. The molecule has 1 amide bonds. The maximum absolute atomic E-state index is 12.0. The van der Waals surface area contributed by atoms with Crippen molar-refractivity contribution >= 4 is 5.91 Å². The Hall–Kier alpha value is -0.570. The van der Waals surface area contributed by atoms with Crippen molar-refractivity contribution in [3.05, 3.63) is 0 Å². The summed E-state index contributed by atoms with van der Waals surface area (Å²) >= 11 is 0. The minimum atomic E-state index is -0.662. The van der Waals surface area contributed by atoms with Crippen molar-refractivity contribution in [2.24, 2.45) is 5.73 Å². The first kappa shape index (κ1) is 11.5. The molecule has 0 spiro atoms. The molecule has 0 radical (unpaired) electrons. The number of amides is 1. The van der Waals surface area contributed by atoms with E-state index in [2.05, 4.69) is 0 Å². The topological polar surface area (TPSA) is 46.3 Å². The highest BCUT2D eigenvalue weighted by atomic mass is 16.2. The molecule has 1 aliphatic rings. The SMILES string of the molecule is CCC(C)(N)C(=O)N1CCCCCC1. The number of likely N-dealkylation sites (tertiary alicyclic amines) is 1. The van der Waals surface area contributed by atoms with Gasteiger partial charge in [-0.25, -0.2) is 0 Å². The Labute approximate surface area is 86.6 Å². The lowest BCUT2D eigenvalue weighted by Gasteiger charge is -2.30. The molecule has 0 bridgehead atoms. The predicted molar refractivity (Wildman–Crippen MR) is 57.9 cm³/mol. The second kappa shape index (κ2) is 4.78. The standard InChI is InChI=1S/C11H22N2O/c1-3-11(2,12)10(14)13-8-6-4-5-7-9-13/h3-9,12H2,1-2H3. The van der Waals surface area contributed by atoms with Crippen molar-refractivity contribution in [1.29, 1.82) is 0 Å². The van der Waals surface area contributed by atoms with Crippen LogP contribution in [0, 0.1) is 0 Å². The average molecular weight is 198 g/mol. The van der Waals surface area contributed by atoms with E-state index in [1.165, 1.54) is 12.8 Å². The van der Waals surface area contributed by atoms with Crippen molar-refractivity contribution in [2.45, 2.75) is 51.5 Å². The van der Waals surface area contributed by atoms with Gasteiger partial charge in [0.2, 0.25) is 5.91 Å². The molecule has 0 aromatic heterocycles. The monoisotopic (exact) mass is 198 g/mol. The quantitative estimate of drug-likeness (QED) is 0.731. The molecule has 0 aromatic rings. The summed E-state index contributed by atoms with van der Waals surface area (Å²) in [5.74, 6) is 0.127. The Morgan fingerprint density at radius 1 is 1.29 bits per heavy atom. The minimum Gasteiger partial charge on any atom is -0.341 e. The number of carbonyl (C=O) groups excluding carboxylic acids is 1. The highest BCUT2D eigenvalue weighted by Crippen LogP contribution is 2.15. The first-order chi connectivity index (χ1) is 6.58. The molecule has 1 saturated heterocycles. The van der Waals surface area contributed by atoms with Gasteiger partial charge in [-0.3, -0.25) is 4.79 Å². The summed E-state index contributed by atoms with van der Waals surface area (Å²) in [6, 6.07) is 0. The second-order valence-corrected chi connectivity index (χ2v) is 4.48.